The molecule has 0 saturated carbocycles. The van der Waals surface area contributed by atoms with Gasteiger partial charge in [0, 0.05) is 24.8 Å². The summed E-state index contributed by atoms with van der Waals surface area (Å²) in [6.07, 6.45) is 1.60. The van der Waals surface area contributed by atoms with Crippen LogP contribution in [0.1, 0.15) is 31.3 Å². The minimum absolute atomic E-state index is 0.0270. The summed E-state index contributed by atoms with van der Waals surface area (Å²) >= 11 is 0. The van der Waals surface area contributed by atoms with Crippen molar-refractivity contribution in [3.63, 3.8) is 0 Å². The Morgan fingerprint density at radius 3 is 2.48 bits per heavy atom. The number of anilines is 2. The molecule has 0 saturated heterocycles. The number of aromatic nitrogens is 2. The first-order chi connectivity index (χ1) is 9.98. The fraction of sp³-hybridized carbons (Fsp3) is 0.375. The van der Waals surface area contributed by atoms with Crippen molar-refractivity contribution in [2.45, 2.75) is 26.3 Å². The average molecular weight is 284 g/mol. The fourth-order valence-corrected chi connectivity index (χ4v) is 2.79. The number of aromatic amines is 1. The van der Waals surface area contributed by atoms with E-state index in [2.05, 4.69) is 41.9 Å². The van der Waals surface area contributed by atoms with Crippen LogP contribution in [0.25, 0.3) is 0 Å². The van der Waals surface area contributed by atoms with E-state index in [9.17, 15) is 4.79 Å². The van der Waals surface area contributed by atoms with Crippen molar-refractivity contribution in [3.05, 3.63) is 42.2 Å². The molecule has 1 aromatic carbocycles. The summed E-state index contributed by atoms with van der Waals surface area (Å²) in [7, 11) is 0. The molecular formula is C16H20N4O. The second-order valence-electron chi connectivity index (χ2n) is 6.24. The number of fused-ring (bicyclic) bond motifs is 1. The van der Waals surface area contributed by atoms with Gasteiger partial charge in [0.1, 0.15) is 5.69 Å². The van der Waals surface area contributed by atoms with Gasteiger partial charge in [0.05, 0.1) is 11.4 Å². The average Bonchev–Trinajstić information content (AvgIpc) is 2.98. The second-order valence-corrected chi connectivity index (χ2v) is 6.24. The van der Waals surface area contributed by atoms with Crippen molar-refractivity contribution in [3.8, 4) is 0 Å². The molecule has 3 rings (SSSR count). The Balaban J connectivity index is 2.01. The zero-order valence-corrected chi connectivity index (χ0v) is 12.6. The Bertz CT molecular complexity index is 643. The number of H-pyrrole nitrogens is 1. The van der Waals surface area contributed by atoms with Crippen LogP contribution in [-0.2, 0) is 0 Å². The van der Waals surface area contributed by atoms with Gasteiger partial charge < -0.3 is 9.80 Å². The molecule has 0 fully saturated rings. The maximum absolute atomic E-state index is 12.6. The predicted molar refractivity (Wildman–Crippen MR) is 83.8 cm³/mol. The molecule has 0 unspecified atom stereocenters. The molecular weight excluding hydrogens is 264 g/mol. The lowest BCUT2D eigenvalue weighted by molar-refractivity contribution is 0.0981. The largest absolute Gasteiger partial charge is 0.363 e. The monoisotopic (exact) mass is 284 g/mol. The zero-order valence-electron chi connectivity index (χ0n) is 12.6. The van der Waals surface area contributed by atoms with Gasteiger partial charge in [0.25, 0.3) is 5.91 Å². The highest BCUT2D eigenvalue weighted by molar-refractivity contribution is 6.07. The number of hydrogen-bond donors (Lipinski definition) is 1. The molecule has 0 radical (unpaired) electrons. The van der Waals surface area contributed by atoms with Crippen LogP contribution in [0.3, 0.4) is 0 Å². The third-order valence-corrected chi connectivity index (χ3v) is 3.80. The molecule has 1 aliphatic heterocycles. The summed E-state index contributed by atoms with van der Waals surface area (Å²) in [6.45, 7) is 8.06. The molecule has 0 atom stereocenters. The molecule has 110 valence electrons. The number of rotatable bonds is 1. The van der Waals surface area contributed by atoms with Gasteiger partial charge in [-0.15, -0.1) is 0 Å². The summed E-state index contributed by atoms with van der Waals surface area (Å²) in [5.74, 6) is -0.0338. The molecule has 1 amide bonds. The molecule has 1 aromatic heterocycles. The Hall–Kier alpha value is -2.30. The standard InChI is InChI=1S/C16H20N4O/c1-16(2,3)20-11-10-19(13-6-4-5-7-14(13)20)15(21)12-8-9-17-18-12/h4-9H,10-11H2,1-3H3,(H,17,18). The van der Waals surface area contributed by atoms with Crippen molar-refractivity contribution < 1.29 is 4.79 Å². The number of benzene rings is 1. The third-order valence-electron chi connectivity index (χ3n) is 3.80. The molecule has 1 aliphatic rings. The van der Waals surface area contributed by atoms with E-state index >= 15 is 0 Å². The van der Waals surface area contributed by atoms with Crippen molar-refractivity contribution >= 4 is 17.3 Å². The lowest BCUT2D eigenvalue weighted by Gasteiger charge is -2.44. The van der Waals surface area contributed by atoms with E-state index in [1.54, 1.807) is 12.3 Å². The van der Waals surface area contributed by atoms with Gasteiger partial charge in [-0.1, -0.05) is 12.1 Å². The normalized spacial score (nSPS) is 15.0. The molecule has 2 heterocycles. The molecule has 0 bridgehead atoms. The minimum atomic E-state index is -0.0338. The van der Waals surface area contributed by atoms with Gasteiger partial charge in [0.15, 0.2) is 0 Å². The number of carbonyl (C=O) groups is 1. The van der Waals surface area contributed by atoms with Crippen LogP contribution in [0.15, 0.2) is 36.5 Å². The van der Waals surface area contributed by atoms with E-state index in [4.69, 9.17) is 0 Å². The summed E-state index contributed by atoms with van der Waals surface area (Å²) in [6, 6.07) is 9.77. The Morgan fingerprint density at radius 1 is 1.14 bits per heavy atom. The number of nitrogens with zero attached hydrogens (tertiary/aromatic N) is 3. The molecule has 2 aromatic rings. The number of hydrogen-bond acceptors (Lipinski definition) is 3. The van der Waals surface area contributed by atoms with Crippen LogP contribution >= 0.6 is 0 Å². The van der Waals surface area contributed by atoms with Crippen LogP contribution in [0, 0.1) is 0 Å². The van der Waals surface area contributed by atoms with Crippen LogP contribution in [0.4, 0.5) is 11.4 Å². The van der Waals surface area contributed by atoms with Gasteiger partial charge in [-0.3, -0.25) is 9.89 Å². The SMILES string of the molecule is CC(C)(C)N1CCN(C(=O)c2ccn[nH]2)c2ccccc21. The first-order valence-corrected chi connectivity index (χ1v) is 7.16. The van der Waals surface area contributed by atoms with E-state index in [-0.39, 0.29) is 11.4 Å². The second kappa shape index (κ2) is 4.91. The van der Waals surface area contributed by atoms with Crippen molar-refractivity contribution in [1.82, 2.24) is 10.2 Å². The van der Waals surface area contributed by atoms with Crippen molar-refractivity contribution in [2.24, 2.45) is 0 Å². The highest BCUT2D eigenvalue weighted by Gasteiger charge is 2.32. The Kier molecular flexibility index (Phi) is 3.20. The van der Waals surface area contributed by atoms with E-state index in [1.165, 1.54) is 0 Å². The molecule has 5 heteroatoms. The van der Waals surface area contributed by atoms with Gasteiger partial charge in [-0.05, 0) is 39.0 Å². The van der Waals surface area contributed by atoms with Gasteiger partial charge in [0.2, 0.25) is 0 Å². The van der Waals surface area contributed by atoms with Gasteiger partial charge >= 0.3 is 0 Å². The first kappa shape index (κ1) is 13.7. The highest BCUT2D eigenvalue weighted by Crippen LogP contribution is 2.37. The molecule has 0 aliphatic carbocycles. The van der Waals surface area contributed by atoms with Gasteiger partial charge in [-0.2, -0.15) is 5.10 Å². The minimum Gasteiger partial charge on any atom is -0.363 e. The van der Waals surface area contributed by atoms with E-state index in [0.29, 0.717) is 12.2 Å². The molecule has 0 spiro atoms. The van der Waals surface area contributed by atoms with E-state index < -0.39 is 0 Å². The zero-order chi connectivity index (χ0) is 15.0. The quantitative estimate of drug-likeness (QED) is 0.876. The first-order valence-electron chi connectivity index (χ1n) is 7.16. The highest BCUT2D eigenvalue weighted by atomic mass is 16.2. The van der Waals surface area contributed by atoms with Gasteiger partial charge in [-0.25, -0.2) is 0 Å². The predicted octanol–water partition coefficient (Wildman–Crippen LogP) is 2.68. The molecule has 5 nitrogen and oxygen atoms in total. The summed E-state index contributed by atoms with van der Waals surface area (Å²) in [5, 5.41) is 6.62. The summed E-state index contributed by atoms with van der Waals surface area (Å²) in [4.78, 5) is 16.8. The van der Waals surface area contributed by atoms with Crippen LogP contribution in [-0.4, -0.2) is 34.7 Å². The van der Waals surface area contributed by atoms with Crippen LogP contribution < -0.4 is 9.80 Å². The molecule has 21 heavy (non-hydrogen) atoms. The number of amides is 1. The molecule has 1 N–H and O–H groups in total. The summed E-state index contributed by atoms with van der Waals surface area (Å²) < 4.78 is 0. The maximum Gasteiger partial charge on any atom is 0.276 e. The number of carbonyl (C=O) groups excluding carboxylic acids is 1. The third kappa shape index (κ3) is 2.39. The van der Waals surface area contributed by atoms with E-state index in [1.807, 2.05) is 23.1 Å². The summed E-state index contributed by atoms with van der Waals surface area (Å²) in [5.41, 5.74) is 2.61. The maximum atomic E-state index is 12.6. The Morgan fingerprint density at radius 2 is 1.86 bits per heavy atom. The van der Waals surface area contributed by atoms with Crippen molar-refractivity contribution in [1.29, 1.82) is 0 Å². The lowest BCUT2D eigenvalue weighted by Crippen LogP contribution is -2.51. The lowest BCUT2D eigenvalue weighted by atomic mass is 10.0. The smallest absolute Gasteiger partial charge is 0.276 e. The van der Waals surface area contributed by atoms with Crippen LogP contribution in [0.5, 0.6) is 0 Å². The Labute approximate surface area is 124 Å². The number of nitrogens with one attached hydrogen (secondary N) is 1. The van der Waals surface area contributed by atoms with E-state index in [0.717, 1.165) is 17.9 Å². The topological polar surface area (TPSA) is 52.2 Å². The van der Waals surface area contributed by atoms with Crippen LogP contribution in [0.2, 0.25) is 0 Å². The van der Waals surface area contributed by atoms with Crippen molar-refractivity contribution in [2.75, 3.05) is 22.9 Å². The fourth-order valence-electron chi connectivity index (χ4n) is 2.79. The number of para-hydroxylation sites is 2.